The summed E-state index contributed by atoms with van der Waals surface area (Å²) in [4.78, 5) is 13.6. The number of benzene rings is 1. The zero-order valence-electron chi connectivity index (χ0n) is 11.6. The van der Waals surface area contributed by atoms with Crippen LogP contribution in [0, 0.1) is 5.92 Å². The largest absolute Gasteiger partial charge is 0.493 e. The average Bonchev–Trinajstić information content (AvgIpc) is 3.06. The number of fused-ring (bicyclic) bond motifs is 2. The van der Waals surface area contributed by atoms with Crippen molar-refractivity contribution in [2.75, 3.05) is 19.7 Å². The van der Waals surface area contributed by atoms with E-state index in [0.29, 0.717) is 12.4 Å². The summed E-state index contributed by atoms with van der Waals surface area (Å²) in [6, 6.07) is 7.63. The van der Waals surface area contributed by atoms with Crippen LogP contribution >= 0.6 is 0 Å². The third kappa shape index (κ3) is 2.80. The molecular formula is C16H21NO3. The fourth-order valence-corrected chi connectivity index (χ4v) is 3.52. The molecular weight excluding hydrogens is 254 g/mol. The zero-order chi connectivity index (χ0) is 13.9. The van der Waals surface area contributed by atoms with Crippen molar-refractivity contribution in [1.29, 1.82) is 0 Å². The molecule has 0 aromatic heterocycles. The lowest BCUT2D eigenvalue weighted by Crippen LogP contribution is -2.33. The molecule has 1 aromatic rings. The van der Waals surface area contributed by atoms with Gasteiger partial charge in [0.15, 0.2) is 0 Å². The van der Waals surface area contributed by atoms with E-state index in [1.54, 1.807) is 24.3 Å². The quantitative estimate of drug-likeness (QED) is 0.811. The second-order valence-electron chi connectivity index (χ2n) is 5.83. The van der Waals surface area contributed by atoms with Crippen LogP contribution in [0.4, 0.5) is 0 Å². The summed E-state index contributed by atoms with van der Waals surface area (Å²) in [7, 11) is 0. The van der Waals surface area contributed by atoms with E-state index in [0.717, 1.165) is 24.9 Å². The maximum absolute atomic E-state index is 11.1. The van der Waals surface area contributed by atoms with E-state index >= 15 is 0 Å². The SMILES string of the molecule is O=C(O)c1ccccc1OCCCN1CC2CCC1C2. The summed E-state index contributed by atoms with van der Waals surface area (Å²) in [5, 5.41) is 9.08. The minimum Gasteiger partial charge on any atom is -0.493 e. The van der Waals surface area contributed by atoms with Crippen molar-refractivity contribution in [3.63, 3.8) is 0 Å². The first-order chi connectivity index (χ1) is 9.74. The molecule has 1 aliphatic carbocycles. The van der Waals surface area contributed by atoms with Gasteiger partial charge in [0.1, 0.15) is 11.3 Å². The fraction of sp³-hybridized carbons (Fsp3) is 0.562. The molecule has 20 heavy (non-hydrogen) atoms. The lowest BCUT2D eigenvalue weighted by molar-refractivity contribution is 0.0692. The van der Waals surface area contributed by atoms with Gasteiger partial charge in [-0.15, -0.1) is 0 Å². The van der Waals surface area contributed by atoms with Gasteiger partial charge in [0.05, 0.1) is 6.61 Å². The molecule has 2 atom stereocenters. The molecule has 0 amide bonds. The monoisotopic (exact) mass is 275 g/mol. The van der Waals surface area contributed by atoms with E-state index in [9.17, 15) is 4.79 Å². The van der Waals surface area contributed by atoms with Crippen LogP contribution in [0.5, 0.6) is 5.75 Å². The summed E-state index contributed by atoms with van der Waals surface area (Å²) >= 11 is 0. The first-order valence-corrected chi connectivity index (χ1v) is 7.43. The number of carboxylic acid groups (broad SMARTS) is 1. The number of carbonyl (C=O) groups is 1. The average molecular weight is 275 g/mol. The van der Waals surface area contributed by atoms with E-state index in [2.05, 4.69) is 4.90 Å². The number of nitrogens with zero attached hydrogens (tertiary/aromatic N) is 1. The molecule has 4 nitrogen and oxygen atoms in total. The molecule has 1 N–H and O–H groups in total. The maximum Gasteiger partial charge on any atom is 0.339 e. The Morgan fingerprint density at radius 3 is 2.90 bits per heavy atom. The highest BCUT2D eigenvalue weighted by Gasteiger charge is 2.36. The first-order valence-electron chi connectivity index (χ1n) is 7.43. The van der Waals surface area contributed by atoms with Gasteiger partial charge in [-0.1, -0.05) is 12.1 Å². The molecule has 4 heteroatoms. The predicted molar refractivity (Wildman–Crippen MR) is 76.2 cm³/mol. The number of carboxylic acids is 1. The molecule has 2 bridgehead atoms. The van der Waals surface area contributed by atoms with Crippen LogP contribution in [-0.2, 0) is 0 Å². The van der Waals surface area contributed by atoms with Crippen molar-refractivity contribution in [3.8, 4) is 5.75 Å². The lowest BCUT2D eigenvalue weighted by atomic mass is 10.1. The van der Waals surface area contributed by atoms with Gasteiger partial charge in [0.2, 0.25) is 0 Å². The number of piperidine rings is 1. The van der Waals surface area contributed by atoms with Crippen molar-refractivity contribution < 1.29 is 14.6 Å². The predicted octanol–water partition coefficient (Wildman–Crippen LogP) is 2.64. The Kier molecular flexibility index (Phi) is 3.92. The highest BCUT2D eigenvalue weighted by molar-refractivity contribution is 5.90. The third-order valence-electron chi connectivity index (χ3n) is 4.49. The smallest absolute Gasteiger partial charge is 0.339 e. The number of hydrogen-bond donors (Lipinski definition) is 1. The highest BCUT2D eigenvalue weighted by atomic mass is 16.5. The molecule has 0 radical (unpaired) electrons. The van der Waals surface area contributed by atoms with E-state index in [1.165, 1.54) is 25.8 Å². The lowest BCUT2D eigenvalue weighted by Gasteiger charge is -2.26. The maximum atomic E-state index is 11.1. The van der Waals surface area contributed by atoms with Gasteiger partial charge in [-0.05, 0) is 43.7 Å². The number of rotatable bonds is 6. The highest BCUT2D eigenvalue weighted by Crippen LogP contribution is 2.37. The minimum atomic E-state index is -0.933. The Labute approximate surface area is 119 Å². The van der Waals surface area contributed by atoms with Crippen LogP contribution in [0.25, 0.3) is 0 Å². The third-order valence-corrected chi connectivity index (χ3v) is 4.49. The first kappa shape index (κ1) is 13.4. The van der Waals surface area contributed by atoms with E-state index in [-0.39, 0.29) is 5.56 Å². The second kappa shape index (κ2) is 5.83. The van der Waals surface area contributed by atoms with Gasteiger partial charge in [0, 0.05) is 19.1 Å². The molecule has 1 aliphatic heterocycles. The number of hydrogen-bond acceptors (Lipinski definition) is 3. The normalized spacial score (nSPS) is 25.0. The molecule has 1 aromatic carbocycles. The molecule has 2 aliphatic rings. The number of likely N-dealkylation sites (tertiary alicyclic amines) is 1. The number of para-hydroxylation sites is 1. The Morgan fingerprint density at radius 2 is 2.20 bits per heavy atom. The van der Waals surface area contributed by atoms with Crippen LogP contribution in [0.1, 0.15) is 36.0 Å². The van der Waals surface area contributed by atoms with Crippen LogP contribution in [0.2, 0.25) is 0 Å². The minimum absolute atomic E-state index is 0.243. The zero-order valence-corrected chi connectivity index (χ0v) is 11.6. The second-order valence-corrected chi connectivity index (χ2v) is 5.83. The van der Waals surface area contributed by atoms with Crippen LogP contribution in [0.3, 0.4) is 0 Å². The van der Waals surface area contributed by atoms with Crippen molar-refractivity contribution in [1.82, 2.24) is 4.90 Å². The van der Waals surface area contributed by atoms with Gasteiger partial charge in [-0.3, -0.25) is 4.90 Å². The van der Waals surface area contributed by atoms with Gasteiger partial charge in [-0.2, -0.15) is 0 Å². The Hall–Kier alpha value is -1.55. The molecule has 2 fully saturated rings. The number of aromatic carboxylic acids is 1. The van der Waals surface area contributed by atoms with Crippen LogP contribution < -0.4 is 4.74 Å². The molecule has 1 saturated heterocycles. The van der Waals surface area contributed by atoms with Crippen molar-refractivity contribution in [2.24, 2.45) is 5.92 Å². The fourth-order valence-electron chi connectivity index (χ4n) is 3.52. The van der Waals surface area contributed by atoms with Crippen molar-refractivity contribution in [2.45, 2.75) is 31.7 Å². The standard InChI is InChI=1S/C16H21NO3/c18-16(19)14-4-1-2-5-15(14)20-9-3-8-17-11-12-6-7-13(17)10-12/h1-2,4-5,12-13H,3,6-11H2,(H,18,19). The van der Waals surface area contributed by atoms with E-state index in [4.69, 9.17) is 9.84 Å². The summed E-state index contributed by atoms with van der Waals surface area (Å²) in [5.74, 6) is 0.467. The van der Waals surface area contributed by atoms with Gasteiger partial charge in [-0.25, -0.2) is 4.79 Å². The van der Waals surface area contributed by atoms with Gasteiger partial charge < -0.3 is 9.84 Å². The summed E-state index contributed by atoms with van der Waals surface area (Å²) < 4.78 is 5.63. The van der Waals surface area contributed by atoms with Crippen LogP contribution in [-0.4, -0.2) is 41.7 Å². The topological polar surface area (TPSA) is 49.8 Å². The van der Waals surface area contributed by atoms with E-state index in [1.807, 2.05) is 0 Å². The molecule has 108 valence electrons. The van der Waals surface area contributed by atoms with Crippen molar-refractivity contribution >= 4 is 5.97 Å². The summed E-state index contributed by atoms with van der Waals surface area (Å²) in [6.45, 7) is 2.89. The van der Waals surface area contributed by atoms with E-state index < -0.39 is 5.97 Å². The van der Waals surface area contributed by atoms with Crippen LogP contribution in [0.15, 0.2) is 24.3 Å². The summed E-state index contributed by atoms with van der Waals surface area (Å²) in [5.41, 5.74) is 0.243. The van der Waals surface area contributed by atoms with Gasteiger partial charge in [0.25, 0.3) is 0 Å². The van der Waals surface area contributed by atoms with Crippen molar-refractivity contribution in [3.05, 3.63) is 29.8 Å². The molecule has 2 unspecified atom stereocenters. The molecule has 0 spiro atoms. The van der Waals surface area contributed by atoms with Gasteiger partial charge >= 0.3 is 5.97 Å². The number of ether oxygens (including phenoxy) is 1. The Bertz CT molecular complexity index is 488. The Morgan fingerprint density at radius 1 is 1.35 bits per heavy atom. The molecule has 1 saturated carbocycles. The molecule has 1 heterocycles. The molecule has 3 rings (SSSR count). The Balaban J connectivity index is 1.45. The summed E-state index contributed by atoms with van der Waals surface area (Å²) in [6.07, 6.45) is 5.09.